The van der Waals surface area contributed by atoms with Crippen molar-refractivity contribution >= 4 is 23.5 Å². The predicted octanol–water partition coefficient (Wildman–Crippen LogP) is 8.68. The number of nitrogens with one attached hydrogen (secondary N) is 1. The van der Waals surface area contributed by atoms with Gasteiger partial charge in [0.2, 0.25) is 17.2 Å². The van der Waals surface area contributed by atoms with Gasteiger partial charge in [-0.05, 0) is 36.8 Å². The molecular weight excluding hydrogens is 430 g/mol. The highest BCUT2D eigenvalue weighted by Gasteiger charge is 2.14. The summed E-state index contributed by atoms with van der Waals surface area (Å²) < 4.78 is 0. The third kappa shape index (κ3) is 14.7. The van der Waals surface area contributed by atoms with Gasteiger partial charge in [0, 0.05) is 19.6 Å². The first-order valence-electron chi connectivity index (χ1n) is 14.0. The van der Waals surface area contributed by atoms with E-state index >= 15 is 0 Å². The van der Waals surface area contributed by atoms with Gasteiger partial charge in [-0.3, -0.25) is 0 Å². The highest BCUT2D eigenvalue weighted by Crippen LogP contribution is 2.19. The molecular formula is C27H52ClN5. The molecule has 1 unspecified atom stereocenters. The summed E-state index contributed by atoms with van der Waals surface area (Å²) in [5.41, 5.74) is 0. The van der Waals surface area contributed by atoms with E-state index < -0.39 is 0 Å². The molecule has 0 saturated carbocycles. The molecule has 1 aromatic heterocycles. The van der Waals surface area contributed by atoms with Crippen molar-refractivity contribution in [1.82, 2.24) is 15.0 Å². The van der Waals surface area contributed by atoms with Gasteiger partial charge < -0.3 is 10.2 Å². The van der Waals surface area contributed by atoms with Crippen molar-refractivity contribution in [2.45, 2.75) is 130 Å². The molecule has 0 saturated heterocycles. The van der Waals surface area contributed by atoms with Crippen LogP contribution in [0.1, 0.15) is 130 Å². The van der Waals surface area contributed by atoms with Gasteiger partial charge in [0.05, 0.1) is 0 Å². The normalized spacial score (nSPS) is 12.2. The van der Waals surface area contributed by atoms with Crippen LogP contribution < -0.4 is 10.2 Å². The third-order valence-electron chi connectivity index (χ3n) is 6.53. The van der Waals surface area contributed by atoms with Gasteiger partial charge >= 0.3 is 0 Å². The molecule has 0 spiro atoms. The average molecular weight is 482 g/mol. The highest BCUT2D eigenvalue weighted by atomic mass is 35.5. The largest absolute Gasteiger partial charge is 0.354 e. The molecule has 1 N–H and O–H groups in total. The zero-order chi connectivity index (χ0) is 24.2. The molecule has 1 aromatic rings. The van der Waals surface area contributed by atoms with Gasteiger partial charge in [0.25, 0.3) is 0 Å². The Hall–Kier alpha value is -1.10. The van der Waals surface area contributed by atoms with Crippen molar-refractivity contribution < 1.29 is 0 Å². The number of rotatable bonds is 22. The first-order chi connectivity index (χ1) is 16.1. The van der Waals surface area contributed by atoms with Crippen LogP contribution in [0, 0.1) is 5.92 Å². The lowest BCUT2D eigenvalue weighted by Crippen LogP contribution is -2.28. The molecule has 6 heteroatoms. The number of hydrogen-bond donors (Lipinski definition) is 1. The standard InChI is InChI=1S/C27H52ClN5/c1-5-9-12-14-16-18-21-33(22-19-17-15-13-10-6-2)27-31-25(28)30-26(32-27)29-23-24(8-4)20-11-7-3/h24H,5-23H2,1-4H3,(H,29,30,31,32). The quantitative estimate of drug-likeness (QED) is 0.168. The van der Waals surface area contributed by atoms with Crippen molar-refractivity contribution in [3.05, 3.63) is 5.28 Å². The fraction of sp³-hybridized carbons (Fsp3) is 0.889. The zero-order valence-corrected chi connectivity index (χ0v) is 22.9. The zero-order valence-electron chi connectivity index (χ0n) is 22.2. The number of anilines is 2. The van der Waals surface area contributed by atoms with Gasteiger partial charge in [0.1, 0.15) is 0 Å². The van der Waals surface area contributed by atoms with E-state index in [1.54, 1.807) is 0 Å². The maximum Gasteiger partial charge on any atom is 0.231 e. The smallest absolute Gasteiger partial charge is 0.231 e. The van der Waals surface area contributed by atoms with Crippen LogP contribution >= 0.6 is 11.6 Å². The number of halogens is 1. The molecule has 0 aliphatic heterocycles. The monoisotopic (exact) mass is 481 g/mol. The molecule has 5 nitrogen and oxygen atoms in total. The molecule has 33 heavy (non-hydrogen) atoms. The van der Waals surface area contributed by atoms with Gasteiger partial charge in [-0.2, -0.15) is 15.0 Å². The second-order valence-corrected chi connectivity index (χ2v) is 9.89. The van der Waals surface area contributed by atoms with E-state index in [0.29, 0.717) is 17.1 Å². The van der Waals surface area contributed by atoms with Crippen molar-refractivity contribution in [2.24, 2.45) is 5.92 Å². The van der Waals surface area contributed by atoms with Crippen LogP contribution in [0.4, 0.5) is 11.9 Å². The number of nitrogens with zero attached hydrogens (tertiary/aromatic N) is 4. The summed E-state index contributed by atoms with van der Waals surface area (Å²) in [7, 11) is 0. The first kappa shape index (κ1) is 29.9. The van der Waals surface area contributed by atoms with E-state index in [-0.39, 0.29) is 0 Å². The molecule has 1 rings (SSSR count). The minimum atomic E-state index is 0.292. The maximum absolute atomic E-state index is 6.34. The molecule has 1 heterocycles. The minimum Gasteiger partial charge on any atom is -0.354 e. The molecule has 0 amide bonds. The van der Waals surface area contributed by atoms with Gasteiger partial charge in [0.15, 0.2) is 0 Å². The summed E-state index contributed by atoms with van der Waals surface area (Å²) in [6, 6.07) is 0. The Morgan fingerprint density at radius 3 is 1.79 bits per heavy atom. The van der Waals surface area contributed by atoms with Gasteiger partial charge in [-0.1, -0.05) is 111 Å². The lowest BCUT2D eigenvalue weighted by molar-refractivity contribution is 0.471. The molecule has 192 valence electrons. The second-order valence-electron chi connectivity index (χ2n) is 9.55. The highest BCUT2D eigenvalue weighted by molar-refractivity contribution is 6.28. The third-order valence-corrected chi connectivity index (χ3v) is 6.70. The van der Waals surface area contributed by atoms with E-state index in [0.717, 1.165) is 25.6 Å². The summed E-state index contributed by atoms with van der Waals surface area (Å²) in [6.45, 7) is 11.9. The Labute approximate surface area is 209 Å². The lowest BCUT2D eigenvalue weighted by atomic mass is 9.99. The predicted molar refractivity (Wildman–Crippen MR) is 146 cm³/mol. The first-order valence-corrected chi connectivity index (χ1v) is 14.4. The number of hydrogen-bond acceptors (Lipinski definition) is 5. The van der Waals surface area contributed by atoms with Gasteiger partial charge in [-0.15, -0.1) is 0 Å². The van der Waals surface area contributed by atoms with Crippen molar-refractivity contribution in [1.29, 1.82) is 0 Å². The number of unbranched alkanes of at least 4 members (excludes halogenated alkanes) is 11. The topological polar surface area (TPSA) is 53.9 Å². The summed E-state index contributed by atoms with van der Waals surface area (Å²) in [5, 5.41) is 3.74. The summed E-state index contributed by atoms with van der Waals surface area (Å²) in [4.78, 5) is 16.0. The Kier molecular flexibility index (Phi) is 18.4. The van der Waals surface area contributed by atoms with Crippen LogP contribution in [0.15, 0.2) is 0 Å². The van der Waals surface area contributed by atoms with Crippen LogP contribution in [-0.2, 0) is 0 Å². The Bertz CT molecular complexity index is 568. The van der Waals surface area contributed by atoms with Crippen LogP contribution in [0.2, 0.25) is 5.28 Å². The van der Waals surface area contributed by atoms with Crippen LogP contribution in [0.3, 0.4) is 0 Å². The lowest BCUT2D eigenvalue weighted by Gasteiger charge is -2.23. The van der Waals surface area contributed by atoms with E-state index in [2.05, 4.69) is 47.9 Å². The van der Waals surface area contributed by atoms with Crippen LogP contribution in [0.5, 0.6) is 0 Å². The van der Waals surface area contributed by atoms with Crippen molar-refractivity contribution in [3.8, 4) is 0 Å². The molecule has 0 aromatic carbocycles. The fourth-order valence-electron chi connectivity index (χ4n) is 4.22. The maximum atomic E-state index is 6.34. The van der Waals surface area contributed by atoms with Gasteiger partial charge in [-0.25, -0.2) is 0 Å². The minimum absolute atomic E-state index is 0.292. The average Bonchev–Trinajstić information content (AvgIpc) is 2.81. The summed E-state index contributed by atoms with van der Waals surface area (Å²) >= 11 is 6.34. The van der Waals surface area contributed by atoms with Crippen molar-refractivity contribution in [2.75, 3.05) is 29.9 Å². The Balaban J connectivity index is 2.71. The van der Waals surface area contributed by atoms with E-state index in [1.807, 2.05) is 0 Å². The van der Waals surface area contributed by atoms with Crippen LogP contribution in [-0.4, -0.2) is 34.6 Å². The Morgan fingerprint density at radius 2 is 1.24 bits per heavy atom. The number of aromatic nitrogens is 3. The SMILES string of the molecule is CCCCCCCCN(CCCCCCCC)c1nc(Cl)nc(NCC(CC)CCCC)n1. The van der Waals surface area contributed by atoms with E-state index in [1.165, 1.54) is 103 Å². The van der Waals surface area contributed by atoms with Crippen molar-refractivity contribution in [3.63, 3.8) is 0 Å². The summed E-state index contributed by atoms with van der Waals surface area (Å²) in [5.74, 6) is 2.00. The van der Waals surface area contributed by atoms with E-state index in [4.69, 9.17) is 16.6 Å². The molecule has 0 bridgehead atoms. The molecule has 0 radical (unpaired) electrons. The molecule has 0 fully saturated rings. The second kappa shape index (κ2) is 20.3. The molecule has 0 aliphatic rings. The Morgan fingerprint density at radius 1 is 0.697 bits per heavy atom. The fourth-order valence-corrected chi connectivity index (χ4v) is 4.37. The van der Waals surface area contributed by atoms with Crippen LogP contribution in [0.25, 0.3) is 0 Å². The van der Waals surface area contributed by atoms with E-state index in [9.17, 15) is 0 Å². The molecule has 1 atom stereocenters. The molecule has 0 aliphatic carbocycles. The summed E-state index contributed by atoms with van der Waals surface area (Å²) in [6.07, 6.45) is 20.4.